The van der Waals surface area contributed by atoms with Crippen LogP contribution in [-0.4, -0.2) is 92.3 Å². The van der Waals surface area contributed by atoms with Crippen molar-refractivity contribution in [2.24, 2.45) is 5.92 Å². The number of unbranched alkanes of at least 4 members (excludes halogenated alkanes) is 2. The standard InChI is InChI=1S/C46H51N7O12/c1-4-7-9-14-34(37(5-2)53(29-54)65-45(60)31-15-18-33(19-16-31)52-27-49-50-28-52)42(57)47-26-48-44(59)39-22-21-38(64-39)32-17-20-35(40(23-32)62-6-3)43(58)51-36(24-41(55)56)46(61)63-25-30-12-10-8-11-13-30/h8,10-13,15-23,27-29,34,36-37H,4-7,9,14,24-26H2,1-3H3,(H,47,57)(H,48,59)(H,51,58)(H,55,56)/t34-,36+,37-/m1/s1. The van der Waals surface area contributed by atoms with E-state index in [1.165, 1.54) is 55.1 Å². The molecule has 0 aliphatic rings. The van der Waals surface area contributed by atoms with Crippen LogP contribution in [0.3, 0.4) is 0 Å². The highest BCUT2D eigenvalue weighted by Gasteiger charge is 2.34. The molecule has 2 heterocycles. The van der Waals surface area contributed by atoms with E-state index in [9.17, 15) is 38.7 Å². The molecule has 0 aliphatic carbocycles. The van der Waals surface area contributed by atoms with Crippen LogP contribution in [0.25, 0.3) is 17.0 Å². The Morgan fingerprint density at radius 2 is 1.62 bits per heavy atom. The van der Waals surface area contributed by atoms with Gasteiger partial charge in [0.1, 0.15) is 36.8 Å². The fraction of sp³-hybridized carbons (Fsp3) is 0.326. The highest BCUT2D eigenvalue weighted by molar-refractivity contribution is 6.00. The van der Waals surface area contributed by atoms with Crippen LogP contribution in [0.15, 0.2) is 102 Å². The van der Waals surface area contributed by atoms with Crippen molar-refractivity contribution in [3.05, 3.63) is 120 Å². The molecule has 2 aromatic heterocycles. The van der Waals surface area contributed by atoms with Crippen LogP contribution in [-0.2, 0) is 35.4 Å². The summed E-state index contributed by atoms with van der Waals surface area (Å²) in [5, 5.41) is 25.6. The number of nitrogens with one attached hydrogen (secondary N) is 3. The Labute approximate surface area is 374 Å². The second-order valence-electron chi connectivity index (χ2n) is 14.6. The lowest BCUT2D eigenvalue weighted by molar-refractivity contribution is -0.171. The molecule has 5 aromatic rings. The third-order valence-electron chi connectivity index (χ3n) is 10.1. The third kappa shape index (κ3) is 13.6. The zero-order valence-corrected chi connectivity index (χ0v) is 36.1. The number of carboxylic acids is 1. The number of carboxylic acid groups (broad SMARTS) is 1. The zero-order valence-electron chi connectivity index (χ0n) is 36.1. The van der Waals surface area contributed by atoms with Gasteiger partial charge in [0.25, 0.3) is 11.8 Å². The number of aromatic nitrogens is 3. The monoisotopic (exact) mass is 893 g/mol. The van der Waals surface area contributed by atoms with Gasteiger partial charge in [0.2, 0.25) is 12.3 Å². The lowest BCUT2D eigenvalue weighted by Gasteiger charge is -2.31. The molecule has 0 spiro atoms. The van der Waals surface area contributed by atoms with Gasteiger partial charge in [0.05, 0.1) is 42.8 Å². The number of ether oxygens (including phenoxy) is 2. The smallest absolute Gasteiger partial charge is 0.363 e. The summed E-state index contributed by atoms with van der Waals surface area (Å²) in [6.45, 7) is 5.21. The topological polar surface area (TPSA) is 251 Å². The van der Waals surface area contributed by atoms with Gasteiger partial charge >= 0.3 is 17.9 Å². The first-order valence-electron chi connectivity index (χ1n) is 21.0. The summed E-state index contributed by atoms with van der Waals surface area (Å²) in [5.41, 5.74) is 1.99. The second-order valence-corrected chi connectivity index (χ2v) is 14.6. The highest BCUT2D eigenvalue weighted by atomic mass is 16.7. The summed E-state index contributed by atoms with van der Waals surface area (Å²) in [6.07, 6.45) is 5.66. The third-order valence-corrected chi connectivity index (χ3v) is 10.1. The minimum absolute atomic E-state index is 0.00440. The van der Waals surface area contributed by atoms with E-state index in [0.29, 0.717) is 36.1 Å². The van der Waals surface area contributed by atoms with Crippen molar-refractivity contribution in [3.63, 3.8) is 0 Å². The lowest BCUT2D eigenvalue weighted by Crippen LogP contribution is -2.49. The van der Waals surface area contributed by atoms with Gasteiger partial charge < -0.3 is 39.8 Å². The maximum absolute atomic E-state index is 13.7. The van der Waals surface area contributed by atoms with E-state index in [1.54, 1.807) is 60.9 Å². The van der Waals surface area contributed by atoms with Crippen LogP contribution in [0.4, 0.5) is 0 Å². The van der Waals surface area contributed by atoms with E-state index in [1.807, 2.05) is 6.92 Å². The largest absolute Gasteiger partial charge is 0.493 e. The van der Waals surface area contributed by atoms with Crippen molar-refractivity contribution in [2.75, 3.05) is 13.3 Å². The summed E-state index contributed by atoms with van der Waals surface area (Å²) < 4.78 is 18.5. The number of hydrogen-bond acceptors (Lipinski definition) is 13. The SMILES string of the molecule is CCCCC[C@@H](C(=O)NCNC(=O)c1ccc(-c2ccc(C(=O)N[C@@H](CC(=O)O)C(=O)OCc3ccccc3)c(OCC)c2)o1)[C@@H](CC)N(C=O)OC(=O)c1ccc(-n2cnnc2)cc1. The van der Waals surface area contributed by atoms with Gasteiger partial charge in [0.15, 0.2) is 5.76 Å². The molecule has 3 atom stereocenters. The predicted molar refractivity (Wildman–Crippen MR) is 232 cm³/mol. The van der Waals surface area contributed by atoms with Crippen LogP contribution in [0, 0.1) is 5.92 Å². The van der Waals surface area contributed by atoms with E-state index in [0.717, 1.165) is 17.9 Å². The number of hydroxylamine groups is 2. The average Bonchev–Trinajstić information content (AvgIpc) is 4.04. The molecule has 3 aromatic carbocycles. The Hall–Kier alpha value is -7.83. The summed E-state index contributed by atoms with van der Waals surface area (Å²) in [5.74, 6) is -5.52. The fourth-order valence-corrected chi connectivity index (χ4v) is 6.79. The van der Waals surface area contributed by atoms with Crippen molar-refractivity contribution in [2.45, 2.75) is 78.0 Å². The number of carbonyl (C=O) groups is 7. The minimum Gasteiger partial charge on any atom is -0.493 e. The molecule has 19 heteroatoms. The second kappa shape index (κ2) is 24.1. The van der Waals surface area contributed by atoms with E-state index in [4.69, 9.17) is 18.7 Å². The summed E-state index contributed by atoms with van der Waals surface area (Å²) in [6, 6.07) is 20.2. The number of carbonyl (C=O) groups excluding carboxylic acids is 6. The maximum Gasteiger partial charge on any atom is 0.363 e. The Balaban J connectivity index is 1.20. The predicted octanol–water partition coefficient (Wildman–Crippen LogP) is 5.25. The number of nitrogens with zero attached hydrogens (tertiary/aromatic N) is 4. The van der Waals surface area contributed by atoms with Crippen molar-refractivity contribution >= 4 is 42.0 Å². The van der Waals surface area contributed by atoms with Crippen LogP contribution in [0.5, 0.6) is 5.75 Å². The Morgan fingerprint density at radius 3 is 2.28 bits per heavy atom. The number of amides is 4. The summed E-state index contributed by atoms with van der Waals surface area (Å²) >= 11 is 0. The molecular formula is C46H51N7O12. The van der Waals surface area contributed by atoms with Crippen LogP contribution in [0.2, 0.25) is 0 Å². The van der Waals surface area contributed by atoms with Gasteiger partial charge in [-0.25, -0.2) is 9.59 Å². The maximum atomic E-state index is 13.7. The molecule has 0 fully saturated rings. The van der Waals surface area contributed by atoms with Crippen molar-refractivity contribution in [1.82, 2.24) is 35.8 Å². The molecular weight excluding hydrogens is 843 g/mol. The van der Waals surface area contributed by atoms with Gasteiger partial charge in [-0.1, -0.05) is 69.5 Å². The summed E-state index contributed by atoms with van der Waals surface area (Å²) in [7, 11) is 0. The first-order valence-corrected chi connectivity index (χ1v) is 21.0. The fourth-order valence-electron chi connectivity index (χ4n) is 6.79. The molecule has 5 rings (SSSR count). The van der Waals surface area contributed by atoms with Gasteiger partial charge in [-0.15, -0.1) is 10.2 Å². The van der Waals surface area contributed by atoms with E-state index >= 15 is 0 Å². The van der Waals surface area contributed by atoms with Gasteiger partial charge in [0, 0.05) is 11.3 Å². The molecule has 4 N–H and O–H groups in total. The van der Waals surface area contributed by atoms with Crippen LogP contribution < -0.4 is 20.7 Å². The van der Waals surface area contributed by atoms with E-state index < -0.39 is 60.1 Å². The van der Waals surface area contributed by atoms with Gasteiger partial charge in [-0.3, -0.25) is 28.5 Å². The molecule has 0 saturated heterocycles. The summed E-state index contributed by atoms with van der Waals surface area (Å²) in [4.78, 5) is 95.7. The number of benzene rings is 3. The van der Waals surface area contributed by atoms with Gasteiger partial charge in [-0.05, 0) is 73.9 Å². The first-order chi connectivity index (χ1) is 31.5. The highest BCUT2D eigenvalue weighted by Crippen LogP contribution is 2.30. The van der Waals surface area contributed by atoms with E-state index in [-0.39, 0.29) is 54.7 Å². The number of rotatable bonds is 25. The molecule has 0 unspecified atom stereocenters. The Morgan fingerprint density at radius 1 is 0.877 bits per heavy atom. The number of esters is 1. The molecule has 4 amide bonds. The molecule has 0 radical (unpaired) electrons. The molecule has 0 saturated carbocycles. The molecule has 65 heavy (non-hydrogen) atoms. The minimum atomic E-state index is -1.49. The molecule has 0 aliphatic heterocycles. The molecule has 0 bridgehead atoms. The Kier molecular flexibility index (Phi) is 17.9. The Bertz CT molecular complexity index is 2390. The zero-order chi connectivity index (χ0) is 46.7. The van der Waals surface area contributed by atoms with E-state index in [2.05, 4.69) is 26.1 Å². The van der Waals surface area contributed by atoms with Crippen LogP contribution in [0.1, 0.15) is 96.1 Å². The van der Waals surface area contributed by atoms with Gasteiger partial charge in [-0.2, -0.15) is 5.06 Å². The first kappa shape index (κ1) is 48.2. The van der Waals surface area contributed by atoms with Crippen LogP contribution >= 0.6 is 0 Å². The van der Waals surface area contributed by atoms with Crippen molar-refractivity contribution in [3.8, 4) is 22.8 Å². The number of hydrogen-bond donors (Lipinski definition) is 4. The van der Waals surface area contributed by atoms with Crippen molar-refractivity contribution in [1.29, 1.82) is 0 Å². The quantitative estimate of drug-likeness (QED) is 0.0192. The lowest BCUT2D eigenvalue weighted by atomic mass is 9.90. The normalized spacial score (nSPS) is 12.2. The molecule has 19 nitrogen and oxygen atoms in total. The number of aliphatic carboxylic acids is 1. The average molecular weight is 894 g/mol. The number of furan rings is 1. The van der Waals surface area contributed by atoms with Crippen molar-refractivity contribution < 1.29 is 57.4 Å². The molecule has 342 valence electrons.